The van der Waals surface area contributed by atoms with E-state index in [1.165, 1.54) is 16.5 Å². The molecule has 1 aromatic heterocycles. The zero-order chi connectivity index (χ0) is 11.1. The molecule has 3 nitrogen and oxygen atoms in total. The maximum atomic E-state index is 9.85. The van der Waals surface area contributed by atoms with Gasteiger partial charge in [0, 0.05) is 18.8 Å². The molecule has 3 heteroatoms. The Bertz CT molecular complexity index is 518. The van der Waals surface area contributed by atoms with Crippen LogP contribution in [-0.2, 0) is 7.05 Å². The summed E-state index contributed by atoms with van der Waals surface area (Å²) >= 11 is 0. The molecule has 1 aliphatic rings. The van der Waals surface area contributed by atoms with Crippen molar-refractivity contribution in [1.29, 1.82) is 0 Å². The summed E-state index contributed by atoms with van der Waals surface area (Å²) < 4.78 is 2.11. The molecule has 0 spiro atoms. The molecular weight excluding hydrogens is 200 g/mol. The molecule has 1 aliphatic heterocycles. The van der Waals surface area contributed by atoms with E-state index in [-0.39, 0.29) is 12.1 Å². The van der Waals surface area contributed by atoms with Crippen LogP contribution < -0.4 is 5.32 Å². The zero-order valence-electron chi connectivity index (χ0n) is 9.35. The Morgan fingerprint density at radius 3 is 3.00 bits per heavy atom. The Balaban J connectivity index is 2.04. The lowest BCUT2D eigenvalue weighted by atomic mass is 10.0. The number of aliphatic hydroxyl groups is 1. The van der Waals surface area contributed by atoms with Crippen molar-refractivity contribution in [3.05, 3.63) is 36.0 Å². The number of hydrogen-bond acceptors (Lipinski definition) is 2. The number of nitrogens with one attached hydrogen (secondary N) is 1. The molecule has 1 fully saturated rings. The van der Waals surface area contributed by atoms with Gasteiger partial charge in [-0.15, -0.1) is 0 Å². The fourth-order valence-corrected chi connectivity index (χ4v) is 2.52. The van der Waals surface area contributed by atoms with Crippen LogP contribution in [0.1, 0.15) is 18.0 Å². The summed E-state index contributed by atoms with van der Waals surface area (Å²) in [7, 11) is 2.05. The largest absolute Gasteiger partial charge is 0.391 e. The van der Waals surface area contributed by atoms with Crippen LogP contribution in [0.4, 0.5) is 0 Å². The van der Waals surface area contributed by atoms with Gasteiger partial charge in [0.05, 0.1) is 12.1 Å². The second-order valence-electron chi connectivity index (χ2n) is 4.53. The summed E-state index contributed by atoms with van der Waals surface area (Å²) in [6.07, 6.45) is 2.66. The lowest BCUT2D eigenvalue weighted by Gasteiger charge is -2.15. The van der Waals surface area contributed by atoms with Crippen molar-refractivity contribution < 1.29 is 5.11 Å². The summed E-state index contributed by atoms with van der Waals surface area (Å²) in [6, 6.07) is 8.61. The third-order valence-corrected chi connectivity index (χ3v) is 3.46. The van der Waals surface area contributed by atoms with Gasteiger partial charge < -0.3 is 15.0 Å². The molecule has 2 heterocycles. The topological polar surface area (TPSA) is 37.2 Å². The summed E-state index contributed by atoms with van der Waals surface area (Å²) in [5.41, 5.74) is 2.42. The van der Waals surface area contributed by atoms with Gasteiger partial charge in [0.15, 0.2) is 0 Å². The highest BCUT2D eigenvalue weighted by molar-refractivity contribution is 5.80. The lowest BCUT2D eigenvalue weighted by molar-refractivity contribution is 0.160. The maximum Gasteiger partial charge on any atom is 0.0747 e. The highest BCUT2D eigenvalue weighted by atomic mass is 16.3. The molecule has 0 bridgehead atoms. The quantitative estimate of drug-likeness (QED) is 0.759. The first-order valence-electron chi connectivity index (χ1n) is 5.72. The predicted octanol–water partition coefficient (Wildman–Crippen LogP) is 1.57. The molecule has 2 N–H and O–H groups in total. The minimum Gasteiger partial charge on any atom is -0.391 e. The van der Waals surface area contributed by atoms with Crippen molar-refractivity contribution in [1.82, 2.24) is 9.88 Å². The minimum atomic E-state index is -0.249. The first-order valence-corrected chi connectivity index (χ1v) is 5.72. The maximum absolute atomic E-state index is 9.85. The molecule has 0 aliphatic carbocycles. The molecule has 2 aromatic rings. The monoisotopic (exact) mass is 216 g/mol. The van der Waals surface area contributed by atoms with E-state index >= 15 is 0 Å². The van der Waals surface area contributed by atoms with Crippen LogP contribution in [0, 0.1) is 0 Å². The van der Waals surface area contributed by atoms with E-state index in [9.17, 15) is 5.11 Å². The first-order chi connectivity index (χ1) is 7.75. The molecule has 0 amide bonds. The standard InChI is InChI=1S/C13H16N2O/c1-15-7-5-9-8-10(2-3-11(9)15)13-12(16)4-6-14-13/h2-3,5,7-8,12-14,16H,4,6H2,1H3. The van der Waals surface area contributed by atoms with E-state index in [0.717, 1.165) is 13.0 Å². The van der Waals surface area contributed by atoms with E-state index in [2.05, 4.69) is 40.3 Å². The fraction of sp³-hybridized carbons (Fsp3) is 0.385. The van der Waals surface area contributed by atoms with E-state index in [4.69, 9.17) is 0 Å². The predicted molar refractivity (Wildman–Crippen MR) is 64.3 cm³/mol. The molecule has 1 saturated heterocycles. The van der Waals surface area contributed by atoms with Crippen LogP contribution in [-0.4, -0.2) is 22.3 Å². The lowest BCUT2D eigenvalue weighted by Crippen LogP contribution is -2.20. The van der Waals surface area contributed by atoms with Crippen LogP contribution in [0.15, 0.2) is 30.5 Å². The number of aliphatic hydroxyl groups excluding tert-OH is 1. The van der Waals surface area contributed by atoms with Crippen LogP contribution in [0.25, 0.3) is 10.9 Å². The molecular formula is C13H16N2O. The Kier molecular flexibility index (Phi) is 2.23. The normalized spacial score (nSPS) is 25.4. The van der Waals surface area contributed by atoms with Gasteiger partial charge in [-0.05, 0) is 42.1 Å². The molecule has 84 valence electrons. The van der Waals surface area contributed by atoms with Crippen molar-refractivity contribution in [2.24, 2.45) is 7.05 Å². The number of nitrogens with zero attached hydrogens (tertiary/aromatic N) is 1. The SMILES string of the molecule is Cn1ccc2cc(C3NCCC3O)ccc21. The Morgan fingerprint density at radius 1 is 1.38 bits per heavy atom. The second kappa shape index (κ2) is 3.61. The molecule has 0 saturated carbocycles. The molecule has 16 heavy (non-hydrogen) atoms. The van der Waals surface area contributed by atoms with Crippen LogP contribution in [0.2, 0.25) is 0 Å². The molecule has 2 atom stereocenters. The van der Waals surface area contributed by atoms with Crippen molar-refractivity contribution in [2.45, 2.75) is 18.6 Å². The number of rotatable bonds is 1. The smallest absolute Gasteiger partial charge is 0.0747 e. The van der Waals surface area contributed by atoms with Crippen LogP contribution in [0.5, 0.6) is 0 Å². The second-order valence-corrected chi connectivity index (χ2v) is 4.53. The summed E-state index contributed by atoms with van der Waals surface area (Å²) in [4.78, 5) is 0. The van der Waals surface area contributed by atoms with Gasteiger partial charge in [-0.1, -0.05) is 6.07 Å². The zero-order valence-corrected chi connectivity index (χ0v) is 9.35. The average molecular weight is 216 g/mol. The number of aryl methyl sites for hydroxylation is 1. The number of benzene rings is 1. The summed E-state index contributed by atoms with van der Waals surface area (Å²) in [6.45, 7) is 0.901. The highest BCUT2D eigenvalue weighted by Crippen LogP contribution is 2.26. The van der Waals surface area contributed by atoms with E-state index in [1.807, 2.05) is 7.05 Å². The number of hydrogen-bond donors (Lipinski definition) is 2. The van der Waals surface area contributed by atoms with Crippen LogP contribution >= 0.6 is 0 Å². The summed E-state index contributed by atoms with van der Waals surface area (Å²) in [5, 5.41) is 14.4. The first kappa shape index (κ1) is 9.87. The Labute approximate surface area is 94.7 Å². The van der Waals surface area contributed by atoms with E-state index in [0.29, 0.717) is 0 Å². The number of aromatic nitrogens is 1. The molecule has 1 aromatic carbocycles. The number of fused-ring (bicyclic) bond motifs is 1. The molecule has 2 unspecified atom stereocenters. The minimum absolute atomic E-state index is 0.101. The van der Waals surface area contributed by atoms with E-state index in [1.54, 1.807) is 0 Å². The van der Waals surface area contributed by atoms with E-state index < -0.39 is 0 Å². The summed E-state index contributed by atoms with van der Waals surface area (Å²) in [5.74, 6) is 0. The van der Waals surface area contributed by atoms with Crippen molar-refractivity contribution in [3.8, 4) is 0 Å². The van der Waals surface area contributed by atoms with Gasteiger partial charge in [-0.2, -0.15) is 0 Å². The fourth-order valence-electron chi connectivity index (χ4n) is 2.52. The van der Waals surface area contributed by atoms with Gasteiger partial charge in [-0.25, -0.2) is 0 Å². The van der Waals surface area contributed by atoms with Crippen molar-refractivity contribution in [3.63, 3.8) is 0 Å². The third-order valence-electron chi connectivity index (χ3n) is 3.46. The third kappa shape index (κ3) is 1.44. The average Bonchev–Trinajstić information content (AvgIpc) is 2.86. The van der Waals surface area contributed by atoms with Crippen molar-refractivity contribution in [2.75, 3.05) is 6.54 Å². The van der Waals surface area contributed by atoms with Gasteiger partial charge in [0.25, 0.3) is 0 Å². The Morgan fingerprint density at radius 2 is 2.25 bits per heavy atom. The Hall–Kier alpha value is -1.32. The molecule has 0 radical (unpaired) electrons. The van der Waals surface area contributed by atoms with Gasteiger partial charge in [0.1, 0.15) is 0 Å². The highest BCUT2D eigenvalue weighted by Gasteiger charge is 2.26. The van der Waals surface area contributed by atoms with Crippen LogP contribution in [0.3, 0.4) is 0 Å². The van der Waals surface area contributed by atoms with Gasteiger partial charge in [0.2, 0.25) is 0 Å². The van der Waals surface area contributed by atoms with Gasteiger partial charge in [-0.3, -0.25) is 0 Å². The van der Waals surface area contributed by atoms with Gasteiger partial charge >= 0.3 is 0 Å². The molecule has 3 rings (SSSR count). The van der Waals surface area contributed by atoms with Crippen molar-refractivity contribution >= 4 is 10.9 Å².